The molecule has 1 aromatic carbocycles. The van der Waals surface area contributed by atoms with Crippen molar-refractivity contribution in [1.29, 1.82) is 0 Å². The van der Waals surface area contributed by atoms with Gasteiger partial charge in [-0.15, -0.1) is 0 Å². The average Bonchev–Trinajstić information content (AvgIpc) is 2.09. The molecule has 0 aromatic heterocycles. The quantitative estimate of drug-likeness (QED) is 0.797. The fourth-order valence-corrected chi connectivity index (χ4v) is 2.01. The van der Waals surface area contributed by atoms with Crippen LogP contribution in [0.25, 0.3) is 0 Å². The minimum Gasteiger partial charge on any atom is -0.316 e. The third-order valence-electron chi connectivity index (χ3n) is 2.73. The van der Waals surface area contributed by atoms with Gasteiger partial charge in [-0.05, 0) is 35.6 Å². The zero-order chi connectivity index (χ0) is 10.2. The largest absolute Gasteiger partial charge is 0.316 e. The topological polar surface area (TPSA) is 12.0 Å². The Kier molecular flexibility index (Phi) is 2.50. The van der Waals surface area contributed by atoms with Crippen molar-refractivity contribution in [1.82, 2.24) is 5.32 Å². The average molecular weight is 214 g/mol. The minimum absolute atomic E-state index is 0.150. The van der Waals surface area contributed by atoms with Crippen molar-refractivity contribution in [3.05, 3.63) is 34.6 Å². The molecule has 3 heteroatoms. The fourth-order valence-electron chi connectivity index (χ4n) is 1.82. The normalized spacial score (nSPS) is 19.1. The first kappa shape index (κ1) is 9.94. The fraction of sp³-hybridized carbons (Fsp3) is 0.455. The third kappa shape index (κ3) is 1.91. The molecule has 0 bridgehead atoms. The van der Waals surface area contributed by atoms with Crippen molar-refractivity contribution in [2.24, 2.45) is 5.41 Å². The lowest BCUT2D eigenvalue weighted by molar-refractivity contribution is 0.193. The Morgan fingerprint density at radius 2 is 2.21 bits per heavy atom. The van der Waals surface area contributed by atoms with Gasteiger partial charge in [0.15, 0.2) is 0 Å². The summed E-state index contributed by atoms with van der Waals surface area (Å²) in [6.45, 7) is 4.07. The maximum atomic E-state index is 13.4. The zero-order valence-electron chi connectivity index (χ0n) is 8.11. The molecule has 0 radical (unpaired) electrons. The summed E-state index contributed by atoms with van der Waals surface area (Å²) in [5.41, 5.74) is 0.924. The second kappa shape index (κ2) is 3.52. The van der Waals surface area contributed by atoms with E-state index in [4.69, 9.17) is 11.6 Å². The Balaban J connectivity index is 2.19. The van der Waals surface area contributed by atoms with Gasteiger partial charge in [0, 0.05) is 18.1 Å². The Bertz CT molecular complexity index is 347. The molecule has 14 heavy (non-hydrogen) atoms. The van der Waals surface area contributed by atoms with Crippen molar-refractivity contribution < 1.29 is 4.39 Å². The van der Waals surface area contributed by atoms with Crippen LogP contribution in [0.2, 0.25) is 5.02 Å². The van der Waals surface area contributed by atoms with Gasteiger partial charge in [-0.2, -0.15) is 0 Å². The van der Waals surface area contributed by atoms with Crippen LogP contribution in [0.5, 0.6) is 0 Å². The van der Waals surface area contributed by atoms with E-state index in [1.807, 2.05) is 0 Å². The summed E-state index contributed by atoms with van der Waals surface area (Å²) in [5, 5.41) is 3.81. The number of hydrogen-bond donors (Lipinski definition) is 1. The molecular weight excluding hydrogens is 201 g/mol. The number of rotatable bonds is 2. The highest BCUT2D eigenvalue weighted by molar-refractivity contribution is 6.30. The number of benzene rings is 1. The lowest BCUT2D eigenvalue weighted by Crippen LogP contribution is -2.52. The van der Waals surface area contributed by atoms with E-state index in [0.717, 1.165) is 25.1 Å². The molecule has 1 saturated heterocycles. The molecule has 1 aromatic rings. The predicted octanol–water partition coefficient (Wildman–Crippen LogP) is 2.63. The van der Waals surface area contributed by atoms with E-state index in [0.29, 0.717) is 5.02 Å². The van der Waals surface area contributed by atoms with Crippen LogP contribution in [0.1, 0.15) is 12.5 Å². The summed E-state index contributed by atoms with van der Waals surface area (Å²) in [6, 6.07) is 4.75. The molecule has 0 unspecified atom stereocenters. The monoisotopic (exact) mass is 213 g/mol. The van der Waals surface area contributed by atoms with Crippen LogP contribution in [-0.2, 0) is 6.42 Å². The summed E-state index contributed by atoms with van der Waals surface area (Å²) < 4.78 is 13.4. The molecule has 0 saturated carbocycles. The van der Waals surface area contributed by atoms with Gasteiger partial charge in [0.1, 0.15) is 5.82 Å². The first-order valence-corrected chi connectivity index (χ1v) is 5.12. The Morgan fingerprint density at radius 1 is 1.50 bits per heavy atom. The number of hydrogen-bond acceptors (Lipinski definition) is 1. The third-order valence-corrected chi connectivity index (χ3v) is 2.96. The lowest BCUT2D eigenvalue weighted by atomic mass is 9.78. The molecule has 1 nitrogen and oxygen atoms in total. The van der Waals surface area contributed by atoms with Gasteiger partial charge < -0.3 is 5.32 Å². The summed E-state index contributed by atoms with van der Waals surface area (Å²) >= 11 is 5.82. The molecule has 1 aliphatic rings. The molecule has 1 aliphatic heterocycles. The van der Waals surface area contributed by atoms with E-state index < -0.39 is 0 Å². The van der Waals surface area contributed by atoms with E-state index in [2.05, 4.69) is 12.2 Å². The molecule has 0 spiro atoms. The molecular formula is C11H13ClFN. The van der Waals surface area contributed by atoms with Gasteiger partial charge >= 0.3 is 0 Å². The van der Waals surface area contributed by atoms with Crippen LogP contribution in [0, 0.1) is 11.2 Å². The van der Waals surface area contributed by atoms with Gasteiger partial charge in [-0.1, -0.05) is 18.5 Å². The molecule has 0 atom stereocenters. The first-order chi connectivity index (χ1) is 6.59. The Labute approximate surface area is 88.3 Å². The van der Waals surface area contributed by atoms with Crippen LogP contribution < -0.4 is 5.32 Å². The predicted molar refractivity (Wildman–Crippen MR) is 56.1 cm³/mol. The molecule has 2 rings (SSSR count). The molecule has 1 N–H and O–H groups in total. The van der Waals surface area contributed by atoms with E-state index >= 15 is 0 Å². The van der Waals surface area contributed by atoms with E-state index in [9.17, 15) is 4.39 Å². The highest BCUT2D eigenvalue weighted by atomic mass is 35.5. The lowest BCUT2D eigenvalue weighted by Gasteiger charge is -2.39. The second-order valence-corrected chi connectivity index (χ2v) is 4.76. The van der Waals surface area contributed by atoms with E-state index in [-0.39, 0.29) is 11.2 Å². The highest BCUT2D eigenvalue weighted by Gasteiger charge is 2.32. The van der Waals surface area contributed by atoms with Gasteiger partial charge in [-0.25, -0.2) is 4.39 Å². The van der Waals surface area contributed by atoms with Crippen LogP contribution in [0.3, 0.4) is 0 Å². The summed E-state index contributed by atoms with van der Waals surface area (Å²) in [4.78, 5) is 0. The van der Waals surface area contributed by atoms with Gasteiger partial charge in [-0.3, -0.25) is 0 Å². The van der Waals surface area contributed by atoms with Crippen molar-refractivity contribution in [2.45, 2.75) is 13.3 Å². The summed E-state index contributed by atoms with van der Waals surface area (Å²) in [6.07, 6.45) is 0.756. The first-order valence-electron chi connectivity index (χ1n) is 4.74. The van der Waals surface area contributed by atoms with Crippen molar-refractivity contribution in [2.75, 3.05) is 13.1 Å². The summed E-state index contributed by atoms with van der Waals surface area (Å²) in [7, 11) is 0. The van der Waals surface area contributed by atoms with Crippen molar-refractivity contribution in [3.63, 3.8) is 0 Å². The number of halogens is 2. The minimum atomic E-state index is -0.150. The number of nitrogens with one attached hydrogen (secondary N) is 1. The standard InChI is InChI=1S/C11H13ClFN/c1-11(6-14-7-11)5-8-4-9(12)2-3-10(8)13/h2-4,14H,5-7H2,1H3. The molecule has 0 aliphatic carbocycles. The maximum absolute atomic E-state index is 13.4. The maximum Gasteiger partial charge on any atom is 0.126 e. The van der Waals surface area contributed by atoms with Gasteiger partial charge in [0.05, 0.1) is 0 Å². The molecule has 1 fully saturated rings. The Morgan fingerprint density at radius 3 is 2.79 bits per heavy atom. The van der Waals surface area contributed by atoms with Crippen LogP contribution >= 0.6 is 11.6 Å². The zero-order valence-corrected chi connectivity index (χ0v) is 8.87. The van der Waals surface area contributed by atoms with E-state index in [1.54, 1.807) is 12.1 Å². The molecule has 0 amide bonds. The van der Waals surface area contributed by atoms with Gasteiger partial charge in [0.25, 0.3) is 0 Å². The van der Waals surface area contributed by atoms with Crippen molar-refractivity contribution in [3.8, 4) is 0 Å². The van der Waals surface area contributed by atoms with Gasteiger partial charge in [0.2, 0.25) is 0 Å². The van der Waals surface area contributed by atoms with Crippen LogP contribution in [0.4, 0.5) is 4.39 Å². The molecule has 76 valence electrons. The second-order valence-electron chi connectivity index (χ2n) is 4.33. The Hall–Kier alpha value is -0.600. The van der Waals surface area contributed by atoms with Crippen molar-refractivity contribution >= 4 is 11.6 Å². The SMILES string of the molecule is CC1(Cc2cc(Cl)ccc2F)CNC1. The smallest absolute Gasteiger partial charge is 0.126 e. The van der Waals surface area contributed by atoms with E-state index in [1.165, 1.54) is 6.07 Å². The summed E-state index contributed by atoms with van der Waals surface area (Å²) in [5.74, 6) is -0.150. The highest BCUT2D eigenvalue weighted by Crippen LogP contribution is 2.28. The molecule has 1 heterocycles. The van der Waals surface area contributed by atoms with Crippen LogP contribution in [-0.4, -0.2) is 13.1 Å². The van der Waals surface area contributed by atoms with Crippen LogP contribution in [0.15, 0.2) is 18.2 Å².